The van der Waals surface area contributed by atoms with E-state index in [9.17, 15) is 9.59 Å². The van der Waals surface area contributed by atoms with Crippen LogP contribution in [0.1, 0.15) is 32.6 Å². The second-order valence-electron chi connectivity index (χ2n) is 6.79. The molecule has 3 heterocycles. The molecule has 1 aliphatic heterocycles. The summed E-state index contributed by atoms with van der Waals surface area (Å²) in [5.41, 5.74) is 0.365. The lowest BCUT2D eigenvalue weighted by molar-refractivity contribution is -0.132. The van der Waals surface area contributed by atoms with Gasteiger partial charge in [0.1, 0.15) is 6.33 Å². The third kappa shape index (κ3) is 3.54. The molecule has 1 saturated heterocycles. The number of amides is 1. The van der Waals surface area contributed by atoms with E-state index in [0.29, 0.717) is 28.0 Å². The number of piperidine rings is 1. The van der Waals surface area contributed by atoms with Gasteiger partial charge in [0.05, 0.1) is 16.7 Å². The van der Waals surface area contributed by atoms with Crippen LogP contribution in [0.15, 0.2) is 40.5 Å². The van der Waals surface area contributed by atoms with Gasteiger partial charge in [-0.25, -0.2) is 14.6 Å². The SMILES string of the molecule is CC[C@@H]1CCCCN1C(=O)CSc1nc2ccccc2c(=O)n1-c1ncn[nH]1. The molecule has 0 aliphatic carbocycles. The molecule has 2 aromatic heterocycles. The van der Waals surface area contributed by atoms with Gasteiger partial charge in [-0.1, -0.05) is 30.8 Å². The van der Waals surface area contributed by atoms with Crippen LogP contribution in [0.4, 0.5) is 0 Å². The molecule has 8 nitrogen and oxygen atoms in total. The predicted octanol–water partition coefficient (Wildman–Crippen LogP) is 2.39. The van der Waals surface area contributed by atoms with Crippen molar-refractivity contribution in [3.63, 3.8) is 0 Å². The zero-order chi connectivity index (χ0) is 19.5. The predicted molar refractivity (Wildman–Crippen MR) is 108 cm³/mol. The first kappa shape index (κ1) is 18.7. The molecule has 9 heteroatoms. The van der Waals surface area contributed by atoms with Crippen molar-refractivity contribution in [3.8, 4) is 5.95 Å². The molecule has 0 spiro atoms. The Morgan fingerprint density at radius 2 is 2.18 bits per heavy atom. The van der Waals surface area contributed by atoms with Crippen LogP contribution in [0.2, 0.25) is 0 Å². The molecule has 0 saturated carbocycles. The largest absolute Gasteiger partial charge is 0.339 e. The number of hydrogen-bond donors (Lipinski definition) is 1. The van der Waals surface area contributed by atoms with Crippen molar-refractivity contribution in [2.75, 3.05) is 12.3 Å². The van der Waals surface area contributed by atoms with Crippen LogP contribution in [0, 0.1) is 0 Å². The van der Waals surface area contributed by atoms with E-state index in [1.54, 1.807) is 18.2 Å². The van der Waals surface area contributed by atoms with E-state index in [1.165, 1.54) is 29.1 Å². The number of likely N-dealkylation sites (tertiary alicyclic amines) is 1. The fourth-order valence-electron chi connectivity index (χ4n) is 3.67. The number of aromatic amines is 1. The van der Waals surface area contributed by atoms with Crippen molar-refractivity contribution in [1.29, 1.82) is 0 Å². The fraction of sp³-hybridized carbons (Fsp3) is 0.421. The second-order valence-corrected chi connectivity index (χ2v) is 7.74. The van der Waals surface area contributed by atoms with Gasteiger partial charge in [0.25, 0.3) is 5.56 Å². The quantitative estimate of drug-likeness (QED) is 0.524. The van der Waals surface area contributed by atoms with Crippen molar-refractivity contribution in [1.82, 2.24) is 29.6 Å². The number of fused-ring (bicyclic) bond motifs is 1. The zero-order valence-corrected chi connectivity index (χ0v) is 16.5. The molecule has 1 fully saturated rings. The fourth-order valence-corrected chi connectivity index (χ4v) is 4.55. The van der Waals surface area contributed by atoms with Gasteiger partial charge in [-0.05, 0) is 37.8 Å². The highest BCUT2D eigenvalue weighted by Gasteiger charge is 2.26. The molecular formula is C19H22N6O2S. The third-order valence-corrected chi connectivity index (χ3v) is 6.03. The first-order chi connectivity index (χ1) is 13.7. The van der Waals surface area contributed by atoms with Gasteiger partial charge >= 0.3 is 0 Å². The Morgan fingerprint density at radius 3 is 2.96 bits per heavy atom. The summed E-state index contributed by atoms with van der Waals surface area (Å²) in [6.45, 7) is 2.92. The average Bonchev–Trinajstić information content (AvgIpc) is 3.26. The van der Waals surface area contributed by atoms with E-state index in [2.05, 4.69) is 27.1 Å². The molecule has 0 bridgehead atoms. The lowest BCUT2D eigenvalue weighted by Gasteiger charge is -2.35. The number of carbonyl (C=O) groups is 1. The van der Waals surface area contributed by atoms with E-state index >= 15 is 0 Å². The highest BCUT2D eigenvalue weighted by atomic mass is 32.2. The van der Waals surface area contributed by atoms with Gasteiger partial charge in [-0.2, -0.15) is 10.1 Å². The molecule has 0 unspecified atom stereocenters. The van der Waals surface area contributed by atoms with Crippen LogP contribution in [0.5, 0.6) is 0 Å². The number of aromatic nitrogens is 5. The molecule has 1 aromatic carbocycles. The third-order valence-electron chi connectivity index (χ3n) is 5.10. The monoisotopic (exact) mass is 398 g/mol. The summed E-state index contributed by atoms with van der Waals surface area (Å²) in [7, 11) is 0. The second kappa shape index (κ2) is 8.14. The molecule has 0 radical (unpaired) electrons. The Labute approximate surface area is 166 Å². The summed E-state index contributed by atoms with van der Waals surface area (Å²) in [6.07, 6.45) is 5.59. The molecule has 146 valence electrons. The Balaban J connectivity index is 1.65. The van der Waals surface area contributed by atoms with Crippen LogP contribution in [0.25, 0.3) is 16.9 Å². The summed E-state index contributed by atoms with van der Waals surface area (Å²) >= 11 is 1.26. The van der Waals surface area contributed by atoms with Crippen molar-refractivity contribution in [2.45, 2.75) is 43.8 Å². The maximum Gasteiger partial charge on any atom is 0.269 e. The van der Waals surface area contributed by atoms with E-state index in [4.69, 9.17) is 0 Å². The number of nitrogens with zero attached hydrogens (tertiary/aromatic N) is 5. The van der Waals surface area contributed by atoms with Gasteiger partial charge < -0.3 is 4.90 Å². The first-order valence-electron chi connectivity index (χ1n) is 9.49. The molecule has 28 heavy (non-hydrogen) atoms. The van der Waals surface area contributed by atoms with E-state index in [0.717, 1.165) is 25.8 Å². The zero-order valence-electron chi connectivity index (χ0n) is 15.7. The molecule has 1 amide bonds. The van der Waals surface area contributed by atoms with Crippen molar-refractivity contribution in [2.24, 2.45) is 0 Å². The number of carbonyl (C=O) groups excluding carboxylic acids is 1. The van der Waals surface area contributed by atoms with Crippen molar-refractivity contribution in [3.05, 3.63) is 40.9 Å². The minimum atomic E-state index is -0.235. The van der Waals surface area contributed by atoms with Gasteiger partial charge in [-0.15, -0.1) is 0 Å². The molecule has 1 N–H and O–H groups in total. The molecule has 3 aromatic rings. The smallest absolute Gasteiger partial charge is 0.269 e. The number of hydrogen-bond acceptors (Lipinski definition) is 6. The van der Waals surface area contributed by atoms with Crippen molar-refractivity contribution < 1.29 is 4.79 Å². The topological polar surface area (TPSA) is 96.8 Å². The average molecular weight is 398 g/mol. The van der Waals surface area contributed by atoms with Crippen LogP contribution < -0.4 is 5.56 Å². The summed E-state index contributed by atoms with van der Waals surface area (Å²) in [5.74, 6) is 0.612. The molecule has 4 rings (SSSR count). The standard InChI is InChI=1S/C19H22N6O2S/c1-2-13-7-5-6-10-24(13)16(26)11-28-19-22-15-9-4-3-8-14(15)17(27)25(19)18-20-12-21-23-18/h3-4,8-9,12-13H,2,5-7,10-11H2,1H3,(H,20,21,23)/t13-/m1/s1. The number of rotatable bonds is 5. The normalized spacial score (nSPS) is 17.2. The number of nitrogens with one attached hydrogen (secondary N) is 1. The molecule has 1 atom stereocenters. The maximum absolute atomic E-state index is 13.0. The number of H-pyrrole nitrogens is 1. The Hall–Kier alpha value is -2.68. The highest BCUT2D eigenvalue weighted by Crippen LogP contribution is 2.24. The summed E-state index contributed by atoms with van der Waals surface area (Å²) in [5, 5.41) is 7.49. The summed E-state index contributed by atoms with van der Waals surface area (Å²) < 4.78 is 1.39. The lowest BCUT2D eigenvalue weighted by Crippen LogP contribution is -2.44. The Morgan fingerprint density at radius 1 is 1.32 bits per heavy atom. The van der Waals surface area contributed by atoms with Crippen LogP contribution in [-0.2, 0) is 4.79 Å². The van der Waals surface area contributed by atoms with E-state index < -0.39 is 0 Å². The maximum atomic E-state index is 13.0. The summed E-state index contributed by atoms with van der Waals surface area (Å²) in [4.78, 5) is 36.6. The summed E-state index contributed by atoms with van der Waals surface area (Å²) in [6, 6.07) is 7.48. The van der Waals surface area contributed by atoms with Crippen LogP contribution in [0.3, 0.4) is 0 Å². The number of thioether (sulfide) groups is 1. The molecule has 1 aliphatic rings. The minimum Gasteiger partial charge on any atom is -0.339 e. The highest BCUT2D eigenvalue weighted by molar-refractivity contribution is 7.99. The van der Waals surface area contributed by atoms with E-state index in [1.807, 2.05) is 11.0 Å². The van der Waals surface area contributed by atoms with Crippen LogP contribution >= 0.6 is 11.8 Å². The minimum absolute atomic E-state index is 0.0862. The lowest BCUT2D eigenvalue weighted by atomic mass is 10.0. The number of para-hydroxylation sites is 1. The van der Waals surface area contributed by atoms with Crippen molar-refractivity contribution >= 4 is 28.6 Å². The van der Waals surface area contributed by atoms with Gasteiger partial charge in [0.15, 0.2) is 5.16 Å². The van der Waals surface area contributed by atoms with Gasteiger partial charge in [0.2, 0.25) is 11.9 Å². The van der Waals surface area contributed by atoms with Crippen LogP contribution in [-0.4, -0.2) is 53.9 Å². The Bertz CT molecular complexity index is 1030. The van der Waals surface area contributed by atoms with E-state index in [-0.39, 0.29) is 17.2 Å². The van der Waals surface area contributed by atoms with Gasteiger partial charge in [0, 0.05) is 12.6 Å². The first-order valence-corrected chi connectivity index (χ1v) is 10.5. The van der Waals surface area contributed by atoms with Gasteiger partial charge in [-0.3, -0.25) is 9.59 Å². The molecular weight excluding hydrogens is 376 g/mol. The Kier molecular flexibility index (Phi) is 5.43. The number of benzene rings is 1.